The minimum absolute atomic E-state index is 0.0810. The van der Waals surface area contributed by atoms with Gasteiger partial charge in [-0.2, -0.15) is 0 Å². The molecule has 0 saturated carbocycles. The number of piperidine rings is 1. The number of likely N-dealkylation sites (tertiary alicyclic amines) is 1. The molecule has 0 radical (unpaired) electrons. The Labute approximate surface area is 130 Å². The molecule has 0 aliphatic carbocycles. The minimum atomic E-state index is -0.389. The Morgan fingerprint density at radius 3 is 2.82 bits per heavy atom. The number of nitrogens with one attached hydrogen (secondary N) is 2. The van der Waals surface area contributed by atoms with E-state index in [0.29, 0.717) is 0 Å². The molecule has 1 aromatic heterocycles. The van der Waals surface area contributed by atoms with Crippen molar-refractivity contribution in [2.24, 2.45) is 10.9 Å². The summed E-state index contributed by atoms with van der Waals surface area (Å²) in [6.45, 7) is 1.95. The lowest BCUT2D eigenvalue weighted by Gasteiger charge is -2.29. The van der Waals surface area contributed by atoms with Crippen molar-refractivity contribution in [2.45, 2.75) is 19.1 Å². The van der Waals surface area contributed by atoms with Gasteiger partial charge in [0.05, 0.1) is 5.69 Å². The average Bonchev–Trinajstić information content (AvgIpc) is 2.57. The molecule has 2 aliphatic heterocycles. The first-order chi connectivity index (χ1) is 10.7. The third kappa shape index (κ3) is 3.51. The van der Waals surface area contributed by atoms with Crippen LogP contribution in [0.1, 0.15) is 18.5 Å². The van der Waals surface area contributed by atoms with Gasteiger partial charge in [0.15, 0.2) is 6.29 Å². The number of carbonyl (C=O) groups is 1. The second-order valence-corrected chi connectivity index (χ2v) is 5.75. The summed E-state index contributed by atoms with van der Waals surface area (Å²) in [6, 6.07) is 5.74. The Kier molecular flexibility index (Phi) is 4.48. The van der Waals surface area contributed by atoms with Gasteiger partial charge in [-0.25, -0.2) is 4.99 Å². The molecule has 1 unspecified atom stereocenters. The van der Waals surface area contributed by atoms with Crippen LogP contribution in [-0.4, -0.2) is 48.4 Å². The van der Waals surface area contributed by atoms with Gasteiger partial charge in [-0.1, -0.05) is 6.07 Å². The van der Waals surface area contributed by atoms with E-state index in [0.717, 1.165) is 37.2 Å². The number of aliphatic imine (C=N–C) groups is 1. The number of aromatic nitrogens is 1. The quantitative estimate of drug-likeness (QED) is 0.868. The van der Waals surface area contributed by atoms with Crippen molar-refractivity contribution in [3.63, 3.8) is 0 Å². The van der Waals surface area contributed by atoms with Crippen LogP contribution in [0.15, 0.2) is 35.6 Å². The smallest absolute Gasteiger partial charge is 0.226 e. The van der Waals surface area contributed by atoms with E-state index in [9.17, 15) is 4.79 Å². The van der Waals surface area contributed by atoms with Gasteiger partial charge in [0, 0.05) is 30.1 Å². The summed E-state index contributed by atoms with van der Waals surface area (Å²) in [6.07, 6.45) is 6.77. The highest BCUT2D eigenvalue weighted by molar-refractivity contribution is 6.09. The first-order valence-corrected chi connectivity index (χ1v) is 7.62. The molecule has 0 aromatic carbocycles. The van der Waals surface area contributed by atoms with E-state index in [1.165, 1.54) is 0 Å². The van der Waals surface area contributed by atoms with Gasteiger partial charge in [-0.3, -0.25) is 9.78 Å². The van der Waals surface area contributed by atoms with Gasteiger partial charge in [0.1, 0.15) is 0 Å². The van der Waals surface area contributed by atoms with E-state index < -0.39 is 0 Å². The van der Waals surface area contributed by atoms with Crippen LogP contribution in [0.25, 0.3) is 5.57 Å². The van der Waals surface area contributed by atoms with Gasteiger partial charge in [-0.15, -0.1) is 0 Å². The molecule has 1 amide bonds. The summed E-state index contributed by atoms with van der Waals surface area (Å²) in [5, 5.41) is 6.05. The number of hydrogen-bond donors (Lipinski definition) is 2. The number of pyridine rings is 1. The molecular weight excluding hydrogens is 278 g/mol. The van der Waals surface area contributed by atoms with Gasteiger partial charge < -0.3 is 15.5 Å². The van der Waals surface area contributed by atoms with E-state index in [1.54, 1.807) is 12.4 Å². The standard InChI is InChI=1S/C16H21N5O/c1-21-8-5-12(6-9-21)15(22)20-16-18-10-13(11-19-16)14-4-2-3-7-17-14/h2-4,7,10-12,16,18H,5-6,8-9H2,1H3,(H,20,22). The molecular formula is C16H21N5O. The molecule has 1 saturated heterocycles. The summed E-state index contributed by atoms with van der Waals surface area (Å²) in [4.78, 5) is 23.1. The van der Waals surface area contributed by atoms with Crippen molar-refractivity contribution in [1.82, 2.24) is 20.5 Å². The first kappa shape index (κ1) is 14.7. The van der Waals surface area contributed by atoms with Gasteiger partial charge in [-0.05, 0) is 45.1 Å². The SMILES string of the molecule is CN1CCC(C(=O)NC2N=CC(c3ccccn3)=CN2)CC1. The summed E-state index contributed by atoms with van der Waals surface area (Å²) in [7, 11) is 2.09. The van der Waals surface area contributed by atoms with E-state index in [-0.39, 0.29) is 18.1 Å². The lowest BCUT2D eigenvalue weighted by Crippen LogP contribution is -2.47. The summed E-state index contributed by atoms with van der Waals surface area (Å²) in [5.74, 6) is 0.173. The topological polar surface area (TPSA) is 69.6 Å². The molecule has 1 fully saturated rings. The average molecular weight is 299 g/mol. The lowest BCUT2D eigenvalue weighted by molar-refractivity contribution is -0.127. The molecule has 1 aromatic rings. The zero-order valence-electron chi connectivity index (χ0n) is 12.7. The Balaban J connectivity index is 1.53. The van der Waals surface area contributed by atoms with Crippen LogP contribution >= 0.6 is 0 Å². The number of nitrogens with zero attached hydrogens (tertiary/aromatic N) is 3. The molecule has 0 spiro atoms. The van der Waals surface area contributed by atoms with Crippen molar-refractivity contribution >= 4 is 17.7 Å². The molecule has 3 heterocycles. The van der Waals surface area contributed by atoms with E-state index >= 15 is 0 Å². The van der Waals surface area contributed by atoms with Crippen molar-refractivity contribution < 1.29 is 4.79 Å². The highest BCUT2D eigenvalue weighted by Gasteiger charge is 2.25. The zero-order valence-corrected chi connectivity index (χ0v) is 12.7. The minimum Gasteiger partial charge on any atom is -0.352 e. The zero-order chi connectivity index (χ0) is 15.4. The van der Waals surface area contributed by atoms with E-state index in [4.69, 9.17) is 0 Å². The largest absolute Gasteiger partial charge is 0.352 e. The fourth-order valence-corrected chi connectivity index (χ4v) is 2.68. The van der Waals surface area contributed by atoms with Crippen molar-refractivity contribution in [2.75, 3.05) is 20.1 Å². The second-order valence-electron chi connectivity index (χ2n) is 5.75. The maximum Gasteiger partial charge on any atom is 0.226 e. The maximum atomic E-state index is 12.2. The van der Waals surface area contributed by atoms with Crippen molar-refractivity contribution in [3.05, 3.63) is 36.3 Å². The number of rotatable bonds is 3. The number of allylic oxidation sites excluding steroid dienone is 1. The molecule has 0 bridgehead atoms. The van der Waals surface area contributed by atoms with Crippen LogP contribution in [0.5, 0.6) is 0 Å². The normalized spacial score (nSPS) is 22.8. The van der Waals surface area contributed by atoms with Gasteiger partial charge >= 0.3 is 0 Å². The number of hydrogen-bond acceptors (Lipinski definition) is 5. The van der Waals surface area contributed by atoms with Crippen LogP contribution in [-0.2, 0) is 4.79 Å². The highest BCUT2D eigenvalue weighted by Crippen LogP contribution is 2.16. The molecule has 2 aliphatic rings. The maximum absolute atomic E-state index is 12.2. The first-order valence-electron chi connectivity index (χ1n) is 7.62. The van der Waals surface area contributed by atoms with Crippen LogP contribution in [0.2, 0.25) is 0 Å². The van der Waals surface area contributed by atoms with Crippen LogP contribution in [0.3, 0.4) is 0 Å². The van der Waals surface area contributed by atoms with Gasteiger partial charge in [0.2, 0.25) is 5.91 Å². The molecule has 1 atom stereocenters. The predicted molar refractivity (Wildman–Crippen MR) is 86.0 cm³/mol. The van der Waals surface area contributed by atoms with E-state index in [2.05, 4.69) is 32.6 Å². The Morgan fingerprint density at radius 1 is 1.36 bits per heavy atom. The third-order valence-corrected chi connectivity index (χ3v) is 4.09. The van der Waals surface area contributed by atoms with E-state index in [1.807, 2.05) is 24.4 Å². The van der Waals surface area contributed by atoms with Crippen molar-refractivity contribution in [1.29, 1.82) is 0 Å². The highest BCUT2D eigenvalue weighted by atomic mass is 16.2. The fraction of sp³-hybridized carbons (Fsp3) is 0.438. The monoisotopic (exact) mass is 299 g/mol. The Morgan fingerprint density at radius 2 is 2.18 bits per heavy atom. The molecule has 22 heavy (non-hydrogen) atoms. The summed E-state index contributed by atoms with van der Waals surface area (Å²) < 4.78 is 0. The van der Waals surface area contributed by atoms with Gasteiger partial charge in [0.25, 0.3) is 0 Å². The van der Waals surface area contributed by atoms with Crippen LogP contribution in [0.4, 0.5) is 0 Å². The summed E-state index contributed by atoms with van der Waals surface area (Å²) in [5.41, 5.74) is 1.77. The third-order valence-electron chi connectivity index (χ3n) is 4.09. The fourth-order valence-electron chi connectivity index (χ4n) is 2.68. The molecule has 6 nitrogen and oxygen atoms in total. The van der Waals surface area contributed by atoms with Crippen molar-refractivity contribution in [3.8, 4) is 0 Å². The van der Waals surface area contributed by atoms with Crippen LogP contribution in [0, 0.1) is 5.92 Å². The molecule has 6 heteroatoms. The predicted octanol–water partition coefficient (Wildman–Crippen LogP) is 0.838. The number of carbonyl (C=O) groups excluding carboxylic acids is 1. The summed E-state index contributed by atoms with van der Waals surface area (Å²) >= 11 is 0. The van der Waals surface area contributed by atoms with Crippen LogP contribution < -0.4 is 10.6 Å². The second kappa shape index (κ2) is 6.70. The molecule has 116 valence electrons. The molecule has 3 rings (SSSR count). The Bertz CT molecular complexity index is 575. The Hall–Kier alpha value is -2.21. The molecule has 2 N–H and O–H groups in total. The lowest BCUT2D eigenvalue weighted by atomic mass is 9.96. The number of amides is 1.